The number of ether oxygens (including phenoxy) is 2. The standard InChI is InChI=1S/C29H30N4O3S/c1-31-15-13-21-22-17-33(29(34)30-23-16-20(35-2)11-12-25(23)36-3)27(19-8-5-4-6-9-19)24-10-7-14-32(24)28(22)37-26(21)18-31/h4-12,14,16,27H,13,15,17-18H2,1-3H3,(H,30,34). The minimum absolute atomic E-state index is 0.186. The number of methoxy groups -OCH3 is 2. The van der Waals surface area contributed by atoms with E-state index in [9.17, 15) is 4.79 Å². The van der Waals surface area contributed by atoms with E-state index in [-0.39, 0.29) is 12.1 Å². The summed E-state index contributed by atoms with van der Waals surface area (Å²) in [5.41, 5.74) is 5.36. The summed E-state index contributed by atoms with van der Waals surface area (Å²) >= 11 is 1.85. The highest BCUT2D eigenvalue weighted by atomic mass is 32.1. The first-order chi connectivity index (χ1) is 18.1. The third kappa shape index (κ3) is 4.16. The third-order valence-electron chi connectivity index (χ3n) is 7.28. The second kappa shape index (κ2) is 9.61. The number of hydrogen-bond acceptors (Lipinski definition) is 5. The molecular formula is C29H30N4O3S. The highest BCUT2D eigenvalue weighted by Gasteiger charge is 2.36. The Kier molecular flexibility index (Phi) is 6.14. The number of urea groups is 1. The molecule has 1 N–H and O–H groups in total. The summed E-state index contributed by atoms with van der Waals surface area (Å²) in [4.78, 5) is 19.9. The first-order valence-corrected chi connectivity index (χ1v) is 13.2. The van der Waals surface area contributed by atoms with Crippen molar-refractivity contribution in [1.29, 1.82) is 0 Å². The number of thiophene rings is 1. The first kappa shape index (κ1) is 23.6. The molecule has 0 bridgehead atoms. The Morgan fingerprint density at radius 3 is 2.62 bits per heavy atom. The minimum Gasteiger partial charge on any atom is -0.497 e. The summed E-state index contributed by atoms with van der Waals surface area (Å²) < 4.78 is 13.2. The van der Waals surface area contributed by atoms with Crippen molar-refractivity contribution < 1.29 is 14.3 Å². The summed E-state index contributed by atoms with van der Waals surface area (Å²) in [5, 5.41) is 4.35. The van der Waals surface area contributed by atoms with Crippen LogP contribution in [0.5, 0.6) is 11.5 Å². The number of carbonyl (C=O) groups excluding carboxylic acids is 1. The molecule has 0 fully saturated rings. The van der Waals surface area contributed by atoms with E-state index in [1.165, 1.54) is 21.0 Å². The van der Waals surface area contributed by atoms with Crippen LogP contribution in [0.3, 0.4) is 0 Å². The lowest BCUT2D eigenvalue weighted by molar-refractivity contribution is 0.194. The van der Waals surface area contributed by atoms with E-state index in [1.54, 1.807) is 26.4 Å². The van der Waals surface area contributed by atoms with Crippen LogP contribution in [0, 0.1) is 0 Å². The van der Waals surface area contributed by atoms with Crippen LogP contribution in [-0.2, 0) is 19.5 Å². The molecule has 2 aromatic heterocycles. The molecule has 0 saturated carbocycles. The molecule has 0 radical (unpaired) electrons. The van der Waals surface area contributed by atoms with Gasteiger partial charge in [0.25, 0.3) is 0 Å². The van der Waals surface area contributed by atoms with Gasteiger partial charge in [-0.15, -0.1) is 11.3 Å². The molecular weight excluding hydrogens is 484 g/mol. The van der Waals surface area contributed by atoms with Crippen molar-refractivity contribution in [1.82, 2.24) is 14.4 Å². The molecule has 2 aliphatic rings. The SMILES string of the molecule is COc1ccc(OC)c(NC(=O)N2Cc3c(sc4c3CCN(C)C4)-n3cccc3C2c2ccccc2)c1. The number of likely N-dealkylation sites (N-methyl/N-ethyl adjacent to an activating group) is 1. The van der Waals surface area contributed by atoms with E-state index in [1.807, 2.05) is 40.5 Å². The zero-order valence-corrected chi connectivity index (χ0v) is 22.0. The maximum Gasteiger partial charge on any atom is 0.323 e. The lowest BCUT2D eigenvalue weighted by Crippen LogP contribution is -2.38. The summed E-state index contributed by atoms with van der Waals surface area (Å²) in [5.74, 6) is 1.24. The number of nitrogens with zero attached hydrogens (tertiary/aromatic N) is 3. The fourth-order valence-corrected chi connectivity index (χ4v) is 6.88. The molecule has 8 heteroatoms. The van der Waals surface area contributed by atoms with E-state index >= 15 is 0 Å². The molecule has 6 rings (SSSR count). The molecule has 7 nitrogen and oxygen atoms in total. The number of carbonyl (C=O) groups is 1. The van der Waals surface area contributed by atoms with E-state index in [2.05, 4.69) is 52.3 Å². The average molecular weight is 515 g/mol. The molecule has 1 unspecified atom stereocenters. The largest absolute Gasteiger partial charge is 0.497 e. The van der Waals surface area contributed by atoms with Gasteiger partial charge in [0, 0.05) is 35.8 Å². The van der Waals surface area contributed by atoms with Crippen LogP contribution in [0.4, 0.5) is 10.5 Å². The van der Waals surface area contributed by atoms with Gasteiger partial charge in [-0.05, 0) is 48.9 Å². The minimum atomic E-state index is -0.255. The molecule has 190 valence electrons. The molecule has 4 heterocycles. The van der Waals surface area contributed by atoms with Gasteiger partial charge >= 0.3 is 6.03 Å². The summed E-state index contributed by atoms with van der Waals surface area (Å²) in [6.45, 7) is 2.48. The Labute approximate surface area is 220 Å². The van der Waals surface area contributed by atoms with Crippen molar-refractivity contribution in [3.63, 3.8) is 0 Å². The van der Waals surface area contributed by atoms with Gasteiger partial charge in [-0.1, -0.05) is 30.3 Å². The van der Waals surface area contributed by atoms with Gasteiger partial charge in [-0.2, -0.15) is 0 Å². The predicted octanol–water partition coefficient (Wildman–Crippen LogP) is 5.68. The van der Waals surface area contributed by atoms with Crippen LogP contribution in [0.1, 0.15) is 33.3 Å². The van der Waals surface area contributed by atoms with Crippen LogP contribution < -0.4 is 14.8 Å². The lowest BCUT2D eigenvalue weighted by Gasteiger charge is -2.32. The van der Waals surface area contributed by atoms with E-state index in [0.29, 0.717) is 23.7 Å². The van der Waals surface area contributed by atoms with Gasteiger partial charge in [0.05, 0.1) is 38.2 Å². The van der Waals surface area contributed by atoms with Gasteiger partial charge in [0.15, 0.2) is 0 Å². The highest BCUT2D eigenvalue weighted by molar-refractivity contribution is 7.15. The lowest BCUT2D eigenvalue weighted by atomic mass is 10.0. The van der Waals surface area contributed by atoms with Gasteiger partial charge in [-0.3, -0.25) is 0 Å². The van der Waals surface area contributed by atoms with Gasteiger partial charge in [-0.25, -0.2) is 4.79 Å². The fraction of sp³-hybridized carbons (Fsp3) is 0.276. The van der Waals surface area contributed by atoms with Gasteiger partial charge in [0.1, 0.15) is 16.5 Å². The Hall–Kier alpha value is -3.75. The Bertz CT molecular complexity index is 1440. The van der Waals surface area contributed by atoms with Crippen LogP contribution in [0.2, 0.25) is 0 Å². The molecule has 2 amide bonds. The molecule has 0 saturated heterocycles. The van der Waals surface area contributed by atoms with Crippen molar-refractivity contribution in [2.45, 2.75) is 25.6 Å². The van der Waals surface area contributed by atoms with Crippen LogP contribution >= 0.6 is 11.3 Å². The molecule has 2 aliphatic heterocycles. The van der Waals surface area contributed by atoms with Crippen LogP contribution in [0.15, 0.2) is 66.9 Å². The number of fused-ring (bicyclic) bond motifs is 5. The molecule has 4 aromatic rings. The van der Waals surface area contributed by atoms with Crippen molar-refractivity contribution in [2.75, 3.05) is 33.1 Å². The van der Waals surface area contributed by atoms with Crippen LogP contribution in [0.25, 0.3) is 5.00 Å². The predicted molar refractivity (Wildman–Crippen MR) is 146 cm³/mol. The smallest absolute Gasteiger partial charge is 0.323 e. The number of amides is 2. The molecule has 0 spiro atoms. The number of benzene rings is 2. The topological polar surface area (TPSA) is 59.0 Å². The second-order valence-electron chi connectivity index (χ2n) is 9.52. The van der Waals surface area contributed by atoms with Crippen molar-refractivity contribution >= 4 is 23.1 Å². The Balaban J connectivity index is 1.48. The molecule has 1 atom stereocenters. The average Bonchev–Trinajstić information content (AvgIpc) is 3.50. The monoisotopic (exact) mass is 514 g/mol. The number of nitrogens with one attached hydrogen (secondary N) is 1. The number of hydrogen-bond donors (Lipinski definition) is 1. The summed E-state index contributed by atoms with van der Waals surface area (Å²) in [6.07, 6.45) is 3.12. The zero-order chi connectivity index (χ0) is 25.5. The zero-order valence-electron chi connectivity index (χ0n) is 21.2. The maximum absolute atomic E-state index is 14.2. The maximum atomic E-state index is 14.2. The normalized spacial score (nSPS) is 16.8. The Morgan fingerprint density at radius 1 is 1.00 bits per heavy atom. The number of rotatable bonds is 4. The van der Waals surface area contributed by atoms with Crippen molar-refractivity contribution in [3.05, 3.63) is 94.1 Å². The van der Waals surface area contributed by atoms with Gasteiger partial charge in [0.2, 0.25) is 0 Å². The molecule has 37 heavy (non-hydrogen) atoms. The summed E-state index contributed by atoms with van der Waals surface area (Å²) in [6, 6.07) is 19.4. The van der Waals surface area contributed by atoms with E-state index in [0.717, 1.165) is 30.8 Å². The quantitative estimate of drug-likeness (QED) is 0.381. The van der Waals surface area contributed by atoms with E-state index < -0.39 is 0 Å². The number of anilines is 1. The highest BCUT2D eigenvalue weighted by Crippen LogP contribution is 2.43. The van der Waals surface area contributed by atoms with Gasteiger partial charge < -0.3 is 29.2 Å². The molecule has 0 aliphatic carbocycles. The fourth-order valence-electron chi connectivity index (χ4n) is 5.44. The Morgan fingerprint density at radius 2 is 1.84 bits per heavy atom. The van der Waals surface area contributed by atoms with E-state index in [4.69, 9.17) is 9.47 Å². The molecule has 2 aromatic carbocycles. The first-order valence-electron chi connectivity index (χ1n) is 12.4. The van der Waals surface area contributed by atoms with Crippen molar-refractivity contribution in [3.8, 4) is 16.5 Å². The second-order valence-corrected chi connectivity index (χ2v) is 10.6. The van der Waals surface area contributed by atoms with Crippen molar-refractivity contribution in [2.24, 2.45) is 0 Å². The summed E-state index contributed by atoms with van der Waals surface area (Å²) in [7, 11) is 5.38. The number of aromatic nitrogens is 1. The third-order valence-corrected chi connectivity index (χ3v) is 8.54. The van der Waals surface area contributed by atoms with Crippen LogP contribution in [-0.4, -0.2) is 48.2 Å².